The third-order valence-corrected chi connectivity index (χ3v) is 5.00. The number of amides is 1. The molecule has 1 saturated heterocycles. The molecule has 0 aromatic heterocycles. The topological polar surface area (TPSA) is 64.6 Å². The molecule has 1 heterocycles. The van der Waals surface area contributed by atoms with E-state index in [0.717, 1.165) is 11.7 Å². The summed E-state index contributed by atoms with van der Waals surface area (Å²) >= 11 is 0. The Hall–Kier alpha value is -2.44. The van der Waals surface area contributed by atoms with Gasteiger partial charge in [-0.15, -0.1) is 0 Å². The van der Waals surface area contributed by atoms with Gasteiger partial charge in [0.1, 0.15) is 6.29 Å². The number of hydrogen-bond acceptors (Lipinski definition) is 4. The summed E-state index contributed by atoms with van der Waals surface area (Å²) in [7, 11) is -0.451. The highest BCUT2D eigenvalue weighted by atomic mass is 16.7. The van der Waals surface area contributed by atoms with Crippen molar-refractivity contribution in [2.75, 3.05) is 5.32 Å². The van der Waals surface area contributed by atoms with E-state index in [1.165, 1.54) is 0 Å². The second-order valence-electron chi connectivity index (χ2n) is 7.40. The smallest absolute Gasteiger partial charge is 0.399 e. The number of rotatable bonds is 4. The summed E-state index contributed by atoms with van der Waals surface area (Å²) in [5, 5.41) is 2.81. The fourth-order valence-corrected chi connectivity index (χ4v) is 2.62. The molecule has 1 N–H and O–H groups in total. The zero-order valence-corrected chi connectivity index (χ0v) is 15.4. The molecule has 0 saturated carbocycles. The van der Waals surface area contributed by atoms with Crippen LogP contribution < -0.4 is 10.8 Å². The van der Waals surface area contributed by atoms with Crippen molar-refractivity contribution >= 4 is 30.5 Å². The van der Waals surface area contributed by atoms with Gasteiger partial charge in [0.15, 0.2) is 0 Å². The van der Waals surface area contributed by atoms with E-state index in [4.69, 9.17) is 9.31 Å². The van der Waals surface area contributed by atoms with Gasteiger partial charge >= 0.3 is 7.12 Å². The minimum absolute atomic E-state index is 0.218. The summed E-state index contributed by atoms with van der Waals surface area (Å²) in [5.74, 6) is -0.218. The first-order valence-electron chi connectivity index (χ1n) is 8.54. The van der Waals surface area contributed by atoms with Gasteiger partial charge in [0, 0.05) is 16.8 Å². The number of carbonyl (C=O) groups is 2. The van der Waals surface area contributed by atoms with E-state index in [0.29, 0.717) is 16.8 Å². The molecule has 2 aromatic carbocycles. The van der Waals surface area contributed by atoms with E-state index >= 15 is 0 Å². The Morgan fingerprint density at radius 3 is 1.96 bits per heavy atom. The maximum atomic E-state index is 12.4. The highest BCUT2D eigenvalue weighted by Gasteiger charge is 2.51. The standard InChI is InChI=1S/C20H22BNO4/c1-19(2)20(3,4)26-21(25-19)16-9-7-15(8-10-16)18(24)22-17-11-5-14(13-23)6-12-17/h5-13H,1-4H3,(H,22,24). The van der Waals surface area contributed by atoms with E-state index in [9.17, 15) is 9.59 Å². The number of carbonyl (C=O) groups excluding carboxylic acids is 2. The Morgan fingerprint density at radius 1 is 0.923 bits per heavy atom. The molecule has 2 aromatic rings. The Kier molecular flexibility index (Phi) is 4.73. The number of anilines is 1. The minimum atomic E-state index is -0.451. The zero-order chi connectivity index (χ0) is 18.9. The molecule has 6 heteroatoms. The van der Waals surface area contributed by atoms with Crippen molar-refractivity contribution in [1.82, 2.24) is 0 Å². The molecule has 3 rings (SSSR count). The van der Waals surface area contributed by atoms with Crippen LogP contribution in [0.15, 0.2) is 48.5 Å². The van der Waals surface area contributed by atoms with Crippen LogP contribution in [0.2, 0.25) is 0 Å². The molecule has 1 aliphatic rings. The highest BCUT2D eigenvalue weighted by Crippen LogP contribution is 2.36. The van der Waals surface area contributed by atoms with Gasteiger partial charge in [-0.3, -0.25) is 9.59 Å². The SMILES string of the molecule is CC1(C)OB(c2ccc(C(=O)Nc3ccc(C=O)cc3)cc2)OC1(C)C. The first-order chi connectivity index (χ1) is 12.2. The van der Waals surface area contributed by atoms with Crippen LogP contribution in [0, 0.1) is 0 Å². The van der Waals surface area contributed by atoms with Crippen LogP contribution in [-0.2, 0) is 9.31 Å². The summed E-state index contributed by atoms with van der Waals surface area (Å²) in [4.78, 5) is 23.0. The van der Waals surface area contributed by atoms with Gasteiger partial charge in [-0.2, -0.15) is 0 Å². The highest BCUT2D eigenvalue weighted by molar-refractivity contribution is 6.62. The first kappa shape index (κ1) is 18.4. The van der Waals surface area contributed by atoms with Crippen LogP contribution >= 0.6 is 0 Å². The number of aldehydes is 1. The van der Waals surface area contributed by atoms with Crippen LogP contribution in [0.4, 0.5) is 5.69 Å². The second-order valence-corrected chi connectivity index (χ2v) is 7.40. The van der Waals surface area contributed by atoms with Crippen LogP contribution in [0.5, 0.6) is 0 Å². The summed E-state index contributed by atoms with van der Waals surface area (Å²) in [6.07, 6.45) is 0.764. The van der Waals surface area contributed by atoms with Gasteiger partial charge in [0.2, 0.25) is 0 Å². The molecule has 0 unspecified atom stereocenters. The van der Waals surface area contributed by atoms with Crippen LogP contribution in [0.1, 0.15) is 48.4 Å². The largest absolute Gasteiger partial charge is 0.494 e. The molecular weight excluding hydrogens is 329 g/mol. The van der Waals surface area contributed by atoms with Crippen molar-refractivity contribution in [2.24, 2.45) is 0 Å². The molecule has 0 aliphatic carbocycles. The summed E-state index contributed by atoms with van der Waals surface area (Å²) in [6, 6.07) is 13.9. The Bertz CT molecular complexity index is 797. The minimum Gasteiger partial charge on any atom is -0.399 e. The third-order valence-electron chi connectivity index (χ3n) is 5.00. The molecule has 134 valence electrons. The molecular formula is C20H22BNO4. The van der Waals surface area contributed by atoms with Gasteiger partial charge in [-0.1, -0.05) is 12.1 Å². The molecule has 1 amide bonds. The van der Waals surface area contributed by atoms with Crippen LogP contribution in [0.3, 0.4) is 0 Å². The van der Waals surface area contributed by atoms with Gasteiger partial charge in [-0.25, -0.2) is 0 Å². The zero-order valence-electron chi connectivity index (χ0n) is 15.4. The normalized spacial score (nSPS) is 17.8. The summed E-state index contributed by atoms with van der Waals surface area (Å²) in [5.41, 5.74) is 1.80. The lowest BCUT2D eigenvalue weighted by molar-refractivity contribution is 0.00578. The van der Waals surface area contributed by atoms with E-state index in [-0.39, 0.29) is 5.91 Å². The fourth-order valence-electron chi connectivity index (χ4n) is 2.62. The average Bonchev–Trinajstić information content (AvgIpc) is 2.83. The van der Waals surface area contributed by atoms with Gasteiger partial charge in [0.05, 0.1) is 11.2 Å². The predicted molar refractivity (Wildman–Crippen MR) is 102 cm³/mol. The van der Waals surface area contributed by atoms with Gasteiger partial charge in [-0.05, 0) is 69.6 Å². The van der Waals surface area contributed by atoms with Crippen molar-refractivity contribution in [3.63, 3.8) is 0 Å². The van der Waals surface area contributed by atoms with E-state index in [1.54, 1.807) is 36.4 Å². The van der Waals surface area contributed by atoms with Crippen LogP contribution in [0.25, 0.3) is 0 Å². The molecule has 0 radical (unpaired) electrons. The maximum absolute atomic E-state index is 12.4. The third kappa shape index (κ3) is 3.57. The van der Waals surface area contributed by atoms with Crippen LogP contribution in [-0.4, -0.2) is 30.5 Å². The quantitative estimate of drug-likeness (QED) is 0.679. The number of nitrogens with one attached hydrogen (secondary N) is 1. The lowest BCUT2D eigenvalue weighted by Crippen LogP contribution is -2.41. The fraction of sp³-hybridized carbons (Fsp3) is 0.300. The molecule has 0 atom stereocenters. The van der Waals surface area contributed by atoms with Crippen molar-refractivity contribution < 1.29 is 18.9 Å². The Labute approximate surface area is 153 Å². The molecule has 0 spiro atoms. The van der Waals surface area contributed by atoms with Crippen molar-refractivity contribution in [2.45, 2.75) is 38.9 Å². The Balaban J connectivity index is 1.69. The van der Waals surface area contributed by atoms with E-state index in [1.807, 2.05) is 39.8 Å². The predicted octanol–water partition coefficient (Wildman–Crippen LogP) is 3.05. The Morgan fingerprint density at radius 2 is 1.46 bits per heavy atom. The second kappa shape index (κ2) is 6.70. The molecule has 0 bridgehead atoms. The molecule has 1 fully saturated rings. The summed E-state index contributed by atoms with van der Waals surface area (Å²) in [6.45, 7) is 8.02. The maximum Gasteiger partial charge on any atom is 0.494 e. The van der Waals surface area contributed by atoms with E-state index < -0.39 is 18.3 Å². The van der Waals surface area contributed by atoms with Gasteiger partial charge < -0.3 is 14.6 Å². The number of benzene rings is 2. The number of hydrogen-bond donors (Lipinski definition) is 1. The first-order valence-corrected chi connectivity index (χ1v) is 8.54. The molecule has 5 nitrogen and oxygen atoms in total. The van der Waals surface area contributed by atoms with Crippen molar-refractivity contribution in [1.29, 1.82) is 0 Å². The molecule has 26 heavy (non-hydrogen) atoms. The average molecular weight is 351 g/mol. The lowest BCUT2D eigenvalue weighted by atomic mass is 9.79. The molecule has 1 aliphatic heterocycles. The van der Waals surface area contributed by atoms with Gasteiger partial charge in [0.25, 0.3) is 5.91 Å². The summed E-state index contributed by atoms with van der Waals surface area (Å²) < 4.78 is 12.0. The van der Waals surface area contributed by atoms with E-state index in [2.05, 4.69) is 5.32 Å². The lowest BCUT2D eigenvalue weighted by Gasteiger charge is -2.32. The van der Waals surface area contributed by atoms with Crippen molar-refractivity contribution in [3.05, 3.63) is 59.7 Å². The van der Waals surface area contributed by atoms with Crippen molar-refractivity contribution in [3.8, 4) is 0 Å². The monoisotopic (exact) mass is 351 g/mol.